The fourth-order valence-electron chi connectivity index (χ4n) is 2.77. The summed E-state index contributed by atoms with van der Waals surface area (Å²) in [5.41, 5.74) is 4.49. The monoisotopic (exact) mass is 293 g/mol. The van der Waals surface area contributed by atoms with E-state index in [-0.39, 0.29) is 11.6 Å². The van der Waals surface area contributed by atoms with Crippen LogP contribution in [-0.2, 0) is 7.05 Å². The first-order valence-corrected chi connectivity index (χ1v) is 7.12. The van der Waals surface area contributed by atoms with Crippen LogP contribution in [0.2, 0.25) is 0 Å². The van der Waals surface area contributed by atoms with Gasteiger partial charge in [-0.15, -0.1) is 0 Å². The molecule has 1 aromatic carbocycles. The van der Waals surface area contributed by atoms with Crippen LogP contribution in [0.1, 0.15) is 24.2 Å². The zero-order valence-corrected chi connectivity index (χ0v) is 12.3. The van der Waals surface area contributed by atoms with Gasteiger partial charge in [0, 0.05) is 25.4 Å². The van der Waals surface area contributed by atoms with Crippen LogP contribution in [0.15, 0.2) is 41.5 Å². The molecular weight excluding hydrogens is 278 g/mol. The first kappa shape index (κ1) is 12.8. The number of fused-ring (bicyclic) bond motifs is 2. The maximum absolute atomic E-state index is 11.7. The number of benzene rings is 1. The average molecular weight is 293 g/mol. The van der Waals surface area contributed by atoms with Gasteiger partial charge in [0.2, 0.25) is 0 Å². The van der Waals surface area contributed by atoms with Gasteiger partial charge in [-0.05, 0) is 29.8 Å². The molecule has 0 aliphatic heterocycles. The van der Waals surface area contributed by atoms with E-state index in [1.807, 2.05) is 24.3 Å². The molecule has 0 fully saturated rings. The van der Waals surface area contributed by atoms with E-state index in [9.17, 15) is 4.79 Å². The van der Waals surface area contributed by atoms with Gasteiger partial charge in [-0.3, -0.25) is 9.55 Å². The second-order valence-corrected chi connectivity index (χ2v) is 5.50. The lowest BCUT2D eigenvalue weighted by atomic mass is 10.0. The molecular formula is C16H15N5O. The Kier molecular flexibility index (Phi) is 2.66. The van der Waals surface area contributed by atoms with Crippen molar-refractivity contribution in [2.24, 2.45) is 7.05 Å². The Morgan fingerprint density at radius 2 is 1.91 bits per heavy atom. The quantitative estimate of drug-likeness (QED) is 0.595. The predicted octanol–water partition coefficient (Wildman–Crippen LogP) is 2.29. The molecule has 0 radical (unpaired) electrons. The molecule has 4 rings (SSSR count). The van der Waals surface area contributed by atoms with E-state index in [0.29, 0.717) is 0 Å². The largest absolute Gasteiger partial charge is 0.341 e. The van der Waals surface area contributed by atoms with Crippen LogP contribution in [0, 0.1) is 0 Å². The molecule has 0 bridgehead atoms. The molecule has 6 heteroatoms. The molecule has 1 atom stereocenters. The number of hydrogen-bond acceptors (Lipinski definition) is 3. The molecule has 0 saturated heterocycles. The number of imidazole rings is 2. The van der Waals surface area contributed by atoms with Crippen molar-refractivity contribution in [1.29, 1.82) is 0 Å². The minimum Gasteiger partial charge on any atom is -0.341 e. The van der Waals surface area contributed by atoms with Gasteiger partial charge in [-0.25, -0.2) is 9.78 Å². The zero-order chi connectivity index (χ0) is 15.3. The van der Waals surface area contributed by atoms with Gasteiger partial charge in [0.1, 0.15) is 5.82 Å². The number of pyridine rings is 1. The first-order valence-electron chi connectivity index (χ1n) is 7.12. The average Bonchev–Trinajstić information content (AvgIpc) is 3.07. The molecule has 3 heterocycles. The number of aromatic amines is 2. The third-order valence-electron chi connectivity index (χ3n) is 4.14. The molecule has 0 aliphatic carbocycles. The fourth-order valence-corrected chi connectivity index (χ4v) is 2.77. The van der Waals surface area contributed by atoms with Crippen LogP contribution in [0.3, 0.4) is 0 Å². The number of H-pyrrole nitrogens is 2. The zero-order valence-electron chi connectivity index (χ0n) is 12.3. The van der Waals surface area contributed by atoms with Crippen LogP contribution in [0.4, 0.5) is 0 Å². The van der Waals surface area contributed by atoms with Crippen molar-refractivity contribution in [2.75, 3.05) is 0 Å². The number of nitrogens with zero attached hydrogens (tertiary/aromatic N) is 3. The molecule has 3 aromatic heterocycles. The van der Waals surface area contributed by atoms with Crippen molar-refractivity contribution in [3.05, 3.63) is 58.5 Å². The maximum Gasteiger partial charge on any atom is 0.326 e. The van der Waals surface area contributed by atoms with Crippen LogP contribution >= 0.6 is 0 Å². The van der Waals surface area contributed by atoms with Crippen LogP contribution < -0.4 is 5.69 Å². The van der Waals surface area contributed by atoms with Gasteiger partial charge in [0.05, 0.1) is 22.1 Å². The van der Waals surface area contributed by atoms with Gasteiger partial charge in [0.15, 0.2) is 0 Å². The van der Waals surface area contributed by atoms with Gasteiger partial charge in [-0.1, -0.05) is 6.92 Å². The lowest BCUT2D eigenvalue weighted by Gasteiger charge is -2.07. The molecule has 0 aliphatic rings. The van der Waals surface area contributed by atoms with Crippen molar-refractivity contribution in [2.45, 2.75) is 12.8 Å². The van der Waals surface area contributed by atoms with E-state index in [4.69, 9.17) is 0 Å². The highest BCUT2D eigenvalue weighted by molar-refractivity contribution is 5.91. The Balaban J connectivity index is 1.87. The minimum atomic E-state index is -0.118. The summed E-state index contributed by atoms with van der Waals surface area (Å²) in [6.45, 7) is 2.11. The number of aromatic nitrogens is 5. The molecule has 0 amide bonds. The summed E-state index contributed by atoms with van der Waals surface area (Å²) in [7, 11) is 1.75. The third kappa shape index (κ3) is 1.84. The molecule has 22 heavy (non-hydrogen) atoms. The van der Waals surface area contributed by atoms with E-state index in [0.717, 1.165) is 33.5 Å². The van der Waals surface area contributed by atoms with Gasteiger partial charge in [0.25, 0.3) is 0 Å². The second-order valence-electron chi connectivity index (χ2n) is 5.50. The summed E-state index contributed by atoms with van der Waals surface area (Å²) in [5, 5.41) is 0. The van der Waals surface area contributed by atoms with Gasteiger partial charge < -0.3 is 9.97 Å². The fraction of sp³-hybridized carbons (Fsp3) is 0.188. The van der Waals surface area contributed by atoms with Gasteiger partial charge in [-0.2, -0.15) is 0 Å². The Morgan fingerprint density at radius 3 is 2.68 bits per heavy atom. The van der Waals surface area contributed by atoms with E-state index in [1.165, 1.54) is 0 Å². The summed E-state index contributed by atoms with van der Waals surface area (Å²) < 4.78 is 1.59. The Hall–Kier alpha value is -2.89. The summed E-state index contributed by atoms with van der Waals surface area (Å²) in [4.78, 5) is 26.6. The lowest BCUT2D eigenvalue weighted by molar-refractivity contribution is 0.843. The van der Waals surface area contributed by atoms with Crippen molar-refractivity contribution in [3.8, 4) is 0 Å². The first-order chi connectivity index (χ1) is 10.6. The SMILES string of the molecule is CC(c1ccncc1)c1nc2cc3c(cc2[nH]1)[nH]c(=O)n3C. The summed E-state index contributed by atoms with van der Waals surface area (Å²) in [6.07, 6.45) is 3.57. The topological polar surface area (TPSA) is 79.4 Å². The van der Waals surface area contributed by atoms with Crippen molar-refractivity contribution in [3.63, 3.8) is 0 Å². The number of aryl methyl sites for hydroxylation is 1. The smallest absolute Gasteiger partial charge is 0.326 e. The molecule has 0 saturated carbocycles. The lowest BCUT2D eigenvalue weighted by Crippen LogP contribution is -2.11. The molecule has 1 unspecified atom stereocenters. The predicted molar refractivity (Wildman–Crippen MR) is 84.9 cm³/mol. The second kappa shape index (κ2) is 4.56. The number of rotatable bonds is 2. The minimum absolute atomic E-state index is 0.118. The maximum atomic E-state index is 11.7. The molecule has 2 N–H and O–H groups in total. The molecule has 0 spiro atoms. The Labute approximate surface area is 125 Å². The molecule has 4 aromatic rings. The number of nitrogens with one attached hydrogen (secondary N) is 2. The van der Waals surface area contributed by atoms with E-state index in [1.54, 1.807) is 24.0 Å². The summed E-state index contributed by atoms with van der Waals surface area (Å²) in [5.74, 6) is 1.05. The standard InChI is InChI=1S/C16H15N5O/c1-9(10-3-5-17-6-4-10)15-18-11-7-13-14(8-12(11)19-15)21(2)16(22)20-13/h3-9H,1-2H3,(H,18,19)(H,20,22). The Bertz CT molecular complexity index is 1030. The Morgan fingerprint density at radius 1 is 1.14 bits per heavy atom. The van der Waals surface area contributed by atoms with E-state index >= 15 is 0 Å². The molecule has 110 valence electrons. The highest BCUT2D eigenvalue weighted by Gasteiger charge is 2.14. The van der Waals surface area contributed by atoms with E-state index < -0.39 is 0 Å². The van der Waals surface area contributed by atoms with Crippen molar-refractivity contribution >= 4 is 22.1 Å². The van der Waals surface area contributed by atoms with E-state index in [2.05, 4.69) is 26.9 Å². The normalized spacial score (nSPS) is 13.0. The molecule has 6 nitrogen and oxygen atoms in total. The summed E-state index contributed by atoms with van der Waals surface area (Å²) in [6, 6.07) is 7.85. The van der Waals surface area contributed by atoms with Crippen LogP contribution in [0.25, 0.3) is 22.1 Å². The van der Waals surface area contributed by atoms with Crippen LogP contribution in [0.5, 0.6) is 0 Å². The van der Waals surface area contributed by atoms with Gasteiger partial charge >= 0.3 is 5.69 Å². The van der Waals surface area contributed by atoms with Crippen LogP contribution in [-0.4, -0.2) is 24.5 Å². The third-order valence-corrected chi connectivity index (χ3v) is 4.14. The van der Waals surface area contributed by atoms with Crippen molar-refractivity contribution < 1.29 is 0 Å². The van der Waals surface area contributed by atoms with Crippen molar-refractivity contribution in [1.82, 2.24) is 24.5 Å². The number of hydrogen-bond donors (Lipinski definition) is 2. The highest BCUT2D eigenvalue weighted by Crippen LogP contribution is 2.25. The highest BCUT2D eigenvalue weighted by atomic mass is 16.1. The summed E-state index contributed by atoms with van der Waals surface area (Å²) >= 11 is 0.